The summed E-state index contributed by atoms with van der Waals surface area (Å²) >= 11 is 0. The summed E-state index contributed by atoms with van der Waals surface area (Å²) in [7, 11) is 6.99. The van der Waals surface area contributed by atoms with Crippen LogP contribution in [0.25, 0.3) is 21.8 Å². The normalized spacial score (nSPS) is 33.2. The highest BCUT2D eigenvalue weighted by Gasteiger charge is 2.62. The average Bonchev–Trinajstić information content (AvgIpc) is 3.69. The van der Waals surface area contributed by atoms with Gasteiger partial charge in [0, 0.05) is 76.4 Å². The summed E-state index contributed by atoms with van der Waals surface area (Å²) in [5.74, 6) is 1.11. The number of para-hydroxylation sites is 1. The van der Waals surface area contributed by atoms with E-state index in [-0.39, 0.29) is 41.8 Å². The fourth-order valence-electron chi connectivity index (χ4n) is 12.1. The van der Waals surface area contributed by atoms with Gasteiger partial charge in [-0.3, -0.25) is 19.4 Å². The van der Waals surface area contributed by atoms with Gasteiger partial charge >= 0.3 is 11.9 Å². The zero-order chi connectivity index (χ0) is 36.1. The van der Waals surface area contributed by atoms with Gasteiger partial charge in [-0.1, -0.05) is 43.2 Å². The molecule has 9 heteroatoms. The average molecular weight is 705 g/mol. The molecule has 6 aliphatic rings. The van der Waals surface area contributed by atoms with Crippen LogP contribution in [-0.4, -0.2) is 91.8 Å². The van der Waals surface area contributed by atoms with Gasteiger partial charge in [0.15, 0.2) is 0 Å². The number of likely N-dealkylation sites (tertiary alicyclic amines) is 1. The van der Waals surface area contributed by atoms with Crippen molar-refractivity contribution in [3.8, 4) is 5.75 Å². The van der Waals surface area contributed by atoms with Crippen LogP contribution in [0.15, 0.2) is 48.0 Å². The van der Waals surface area contributed by atoms with Crippen LogP contribution < -0.4 is 4.74 Å². The number of hydrogen-bond acceptors (Lipinski definition) is 7. The first-order valence-corrected chi connectivity index (χ1v) is 19.3. The van der Waals surface area contributed by atoms with Crippen LogP contribution in [0, 0.1) is 23.7 Å². The number of fused-ring (bicyclic) bond motifs is 9. The van der Waals surface area contributed by atoms with E-state index in [1.165, 1.54) is 41.3 Å². The minimum atomic E-state index is -0.725. The number of aromatic amines is 2. The molecule has 4 aromatic rings. The summed E-state index contributed by atoms with van der Waals surface area (Å²) in [5, 5.41) is 2.32. The van der Waals surface area contributed by atoms with Gasteiger partial charge in [-0.25, -0.2) is 0 Å². The quantitative estimate of drug-likeness (QED) is 0.181. The van der Waals surface area contributed by atoms with Crippen LogP contribution in [0.3, 0.4) is 0 Å². The molecule has 6 bridgehead atoms. The molecular weight excluding hydrogens is 652 g/mol. The number of piperidine rings is 3. The van der Waals surface area contributed by atoms with Crippen molar-refractivity contribution in [3.05, 3.63) is 76.1 Å². The van der Waals surface area contributed by atoms with Crippen LogP contribution in [0.2, 0.25) is 0 Å². The molecule has 0 radical (unpaired) electrons. The number of rotatable bonds is 5. The predicted octanol–water partition coefficient (Wildman–Crippen LogP) is 6.49. The minimum Gasteiger partial charge on any atom is -0.496 e. The first-order valence-electron chi connectivity index (χ1n) is 19.3. The van der Waals surface area contributed by atoms with Crippen LogP contribution in [0.5, 0.6) is 5.75 Å². The summed E-state index contributed by atoms with van der Waals surface area (Å²) in [5.41, 5.74) is 8.48. The molecule has 2 aromatic carbocycles. The van der Waals surface area contributed by atoms with E-state index in [9.17, 15) is 9.59 Å². The van der Waals surface area contributed by atoms with Crippen molar-refractivity contribution < 1.29 is 23.8 Å². The highest BCUT2D eigenvalue weighted by atomic mass is 16.5. The molecule has 1 saturated carbocycles. The molecule has 2 aliphatic carbocycles. The molecule has 10 rings (SSSR count). The molecule has 0 spiro atoms. The molecule has 4 fully saturated rings. The Hall–Kier alpha value is -4.08. The predicted molar refractivity (Wildman–Crippen MR) is 202 cm³/mol. The third-order valence-corrected chi connectivity index (χ3v) is 14.1. The molecule has 3 saturated heterocycles. The van der Waals surface area contributed by atoms with E-state index >= 15 is 0 Å². The Bertz CT molecular complexity index is 2110. The first-order chi connectivity index (χ1) is 25.3. The van der Waals surface area contributed by atoms with Gasteiger partial charge in [0.05, 0.1) is 27.2 Å². The molecule has 9 nitrogen and oxygen atoms in total. The van der Waals surface area contributed by atoms with E-state index in [0.717, 1.165) is 85.2 Å². The Balaban J connectivity index is 1.27. The zero-order valence-electron chi connectivity index (χ0n) is 31.4. The van der Waals surface area contributed by atoms with Gasteiger partial charge in [0.1, 0.15) is 11.2 Å². The molecule has 2 aromatic heterocycles. The van der Waals surface area contributed by atoms with E-state index in [4.69, 9.17) is 14.2 Å². The van der Waals surface area contributed by atoms with Crippen LogP contribution in [0.1, 0.15) is 73.5 Å². The van der Waals surface area contributed by atoms with E-state index in [1.807, 2.05) is 0 Å². The van der Waals surface area contributed by atoms with Gasteiger partial charge in [0.25, 0.3) is 0 Å². The van der Waals surface area contributed by atoms with Crippen molar-refractivity contribution in [1.29, 1.82) is 0 Å². The Morgan fingerprint density at radius 1 is 1.02 bits per heavy atom. The van der Waals surface area contributed by atoms with E-state index in [0.29, 0.717) is 11.8 Å². The Morgan fingerprint density at radius 2 is 1.85 bits per heavy atom. The Labute approximate surface area is 306 Å². The monoisotopic (exact) mass is 704 g/mol. The number of esters is 2. The lowest BCUT2D eigenvalue weighted by Gasteiger charge is -2.57. The number of ether oxygens (including phenoxy) is 3. The molecule has 52 heavy (non-hydrogen) atoms. The van der Waals surface area contributed by atoms with Crippen molar-refractivity contribution in [1.82, 2.24) is 19.8 Å². The van der Waals surface area contributed by atoms with Gasteiger partial charge in [-0.05, 0) is 93.2 Å². The summed E-state index contributed by atoms with van der Waals surface area (Å²) in [4.78, 5) is 40.8. The third kappa shape index (κ3) is 4.67. The molecule has 3 unspecified atom stereocenters. The van der Waals surface area contributed by atoms with Gasteiger partial charge < -0.3 is 24.2 Å². The topological polar surface area (TPSA) is 99.9 Å². The van der Waals surface area contributed by atoms with Crippen LogP contribution in [-0.2, 0) is 37.3 Å². The van der Waals surface area contributed by atoms with Crippen LogP contribution >= 0.6 is 0 Å². The van der Waals surface area contributed by atoms with E-state index in [1.54, 1.807) is 14.2 Å². The van der Waals surface area contributed by atoms with Gasteiger partial charge in [-0.2, -0.15) is 0 Å². The number of benzene rings is 2. The smallest absolute Gasteiger partial charge is 0.319 e. The Kier molecular flexibility index (Phi) is 8.12. The van der Waals surface area contributed by atoms with E-state index in [2.05, 4.69) is 83.1 Å². The first kappa shape index (κ1) is 33.7. The highest BCUT2D eigenvalue weighted by Crippen LogP contribution is 2.56. The lowest BCUT2D eigenvalue weighted by molar-refractivity contribution is -0.162. The van der Waals surface area contributed by atoms with Crippen molar-refractivity contribution in [2.45, 2.75) is 75.8 Å². The number of allylic oxidation sites excluding steroid dienone is 1. The standard InChI is InChI=1S/C43H52N4O5/c1-7-24-15-23-20-43(42(49)52-6)39-27(13-14-47(21-23)40(24)43)29-19-36(50-4)30(17-34(29)45-39)31-16-28-25(8-2)22-46(3)35(37(28)41(48)51-5)18-32-26-11-9-10-12-33(26)44-38(31)32/h8-12,17,19,23-24,28,31,35,37,40,44-45H,7,13-16,18,20-22H2,1-6H3/t23-,24+,28+,31?,35+,37?,40+,43-/m1/s1. The fraction of sp³-hybridized carbons (Fsp3) is 0.535. The lowest BCUT2D eigenvalue weighted by atomic mass is 9.56. The SMILES string of the molecule is CC=C1CN(C)[C@H]2Cc3c([nH]c4ccccc34)C(c3cc4[nH]c5c(c4cc3OC)CCN3C[C@@H]4C[C@H](CC)[C@H]3[C@@]5(C(=O)OC)C4)C[C@@H]1C2C(=O)OC. The summed E-state index contributed by atoms with van der Waals surface area (Å²) in [6.07, 6.45) is 7.59. The molecule has 9 atom stereocenters. The molecule has 274 valence electrons. The van der Waals surface area contributed by atoms with Crippen molar-refractivity contribution in [3.63, 3.8) is 0 Å². The number of aromatic nitrogens is 2. The molecule has 4 aliphatic heterocycles. The van der Waals surface area contributed by atoms with E-state index < -0.39 is 5.41 Å². The summed E-state index contributed by atoms with van der Waals surface area (Å²) < 4.78 is 17.6. The van der Waals surface area contributed by atoms with Gasteiger partial charge in [0.2, 0.25) is 0 Å². The van der Waals surface area contributed by atoms with Crippen molar-refractivity contribution in [2.75, 3.05) is 48.0 Å². The third-order valence-electron chi connectivity index (χ3n) is 14.1. The molecule has 0 amide bonds. The maximum absolute atomic E-state index is 14.2. The fourth-order valence-corrected chi connectivity index (χ4v) is 12.1. The minimum absolute atomic E-state index is 0.00122. The molecular formula is C43H52N4O5. The summed E-state index contributed by atoms with van der Waals surface area (Å²) in [6, 6.07) is 13.2. The second kappa shape index (κ2) is 12.5. The van der Waals surface area contributed by atoms with Crippen molar-refractivity contribution in [2.24, 2.45) is 23.7 Å². The van der Waals surface area contributed by atoms with Gasteiger partial charge in [-0.15, -0.1) is 0 Å². The van der Waals surface area contributed by atoms with Crippen molar-refractivity contribution >= 4 is 33.7 Å². The maximum Gasteiger partial charge on any atom is 0.319 e. The second-order valence-corrected chi connectivity index (χ2v) is 16.3. The largest absolute Gasteiger partial charge is 0.496 e. The number of carbonyl (C=O) groups is 2. The lowest BCUT2D eigenvalue weighted by Crippen LogP contribution is -2.67. The number of hydrogen-bond donors (Lipinski definition) is 2. The zero-order valence-corrected chi connectivity index (χ0v) is 31.4. The highest BCUT2D eigenvalue weighted by molar-refractivity contribution is 5.93. The van der Waals surface area contributed by atoms with Crippen LogP contribution in [0.4, 0.5) is 0 Å². The summed E-state index contributed by atoms with van der Waals surface area (Å²) in [6.45, 7) is 7.17. The Morgan fingerprint density at radius 3 is 2.60 bits per heavy atom. The number of carbonyl (C=O) groups excluding carboxylic acids is 2. The second-order valence-electron chi connectivity index (χ2n) is 16.3. The number of nitrogens with zero attached hydrogens (tertiary/aromatic N) is 2. The molecule has 2 N–H and O–H groups in total. The number of nitrogens with one attached hydrogen (secondary N) is 2. The molecule has 6 heterocycles. The number of likely N-dealkylation sites (N-methyl/N-ethyl adjacent to an activating group) is 1. The number of methoxy groups -OCH3 is 3. The maximum atomic E-state index is 14.2. The number of H-pyrrole nitrogens is 2.